The molecule has 2 unspecified atom stereocenters. The number of amides is 2. The summed E-state index contributed by atoms with van der Waals surface area (Å²) in [5.74, 6) is 0.328. The Bertz CT molecular complexity index is 824. The number of rotatable bonds is 4. The zero-order chi connectivity index (χ0) is 18.7. The van der Waals surface area contributed by atoms with Crippen LogP contribution in [-0.4, -0.2) is 34.8 Å². The number of benzene rings is 1. The Hall–Kier alpha value is -2.14. The molecule has 1 aliphatic heterocycles. The summed E-state index contributed by atoms with van der Waals surface area (Å²) in [6.45, 7) is 5.15. The van der Waals surface area contributed by atoms with E-state index in [0.29, 0.717) is 22.9 Å². The van der Waals surface area contributed by atoms with Crippen molar-refractivity contribution in [2.75, 3.05) is 18.4 Å². The molecule has 1 N–H and O–H groups in total. The molecule has 0 spiro atoms. The molecule has 1 aromatic heterocycles. The number of hydrogen-bond donors (Lipinski definition) is 1. The molecule has 1 fully saturated rings. The molecule has 2 amide bonds. The number of aromatic nitrogens is 1. The Balaban J connectivity index is 1.69. The molecule has 26 heavy (non-hydrogen) atoms. The third kappa shape index (κ3) is 3.98. The van der Waals surface area contributed by atoms with Gasteiger partial charge in [0.05, 0.1) is 16.5 Å². The number of nitrogens with one attached hydrogen (secondary N) is 1. The van der Waals surface area contributed by atoms with Crippen LogP contribution in [0.3, 0.4) is 0 Å². The molecule has 1 aliphatic rings. The molecule has 3 rings (SSSR count). The third-order valence-corrected chi connectivity index (χ3v) is 5.37. The van der Waals surface area contributed by atoms with Gasteiger partial charge in [-0.15, -0.1) is 0 Å². The van der Waals surface area contributed by atoms with Crippen molar-refractivity contribution in [3.8, 4) is 0 Å². The fraction of sp³-hybridized carbons (Fsp3) is 0.450. The number of likely N-dealkylation sites (tertiary alicyclic amines) is 1. The lowest BCUT2D eigenvalue weighted by atomic mass is 9.95. The largest absolute Gasteiger partial charge is 0.342 e. The average molecular weight is 374 g/mol. The van der Waals surface area contributed by atoms with Gasteiger partial charge in [0.15, 0.2) is 0 Å². The van der Waals surface area contributed by atoms with E-state index < -0.39 is 0 Å². The lowest BCUT2D eigenvalue weighted by Gasteiger charge is -2.33. The van der Waals surface area contributed by atoms with Gasteiger partial charge < -0.3 is 10.2 Å². The zero-order valence-electron chi connectivity index (χ0n) is 15.2. The second kappa shape index (κ2) is 8.04. The lowest BCUT2D eigenvalue weighted by Crippen LogP contribution is -2.45. The van der Waals surface area contributed by atoms with E-state index in [1.807, 2.05) is 36.9 Å². The highest BCUT2D eigenvalue weighted by atomic mass is 35.5. The molecule has 6 heteroatoms. The number of nitrogens with zero attached hydrogens (tertiary/aromatic N) is 2. The molecule has 1 saturated heterocycles. The van der Waals surface area contributed by atoms with Gasteiger partial charge in [0, 0.05) is 24.4 Å². The van der Waals surface area contributed by atoms with Gasteiger partial charge in [-0.05, 0) is 37.5 Å². The van der Waals surface area contributed by atoms with Crippen LogP contribution >= 0.6 is 11.6 Å². The van der Waals surface area contributed by atoms with Crippen LogP contribution in [0.1, 0.15) is 33.1 Å². The van der Waals surface area contributed by atoms with Crippen molar-refractivity contribution in [3.05, 3.63) is 35.4 Å². The van der Waals surface area contributed by atoms with E-state index in [1.54, 1.807) is 12.1 Å². The Morgan fingerprint density at radius 1 is 1.35 bits per heavy atom. The highest BCUT2D eigenvalue weighted by Gasteiger charge is 2.30. The van der Waals surface area contributed by atoms with E-state index in [4.69, 9.17) is 11.6 Å². The first-order valence-corrected chi connectivity index (χ1v) is 9.52. The van der Waals surface area contributed by atoms with E-state index in [9.17, 15) is 9.59 Å². The van der Waals surface area contributed by atoms with Crippen LogP contribution in [0.5, 0.6) is 0 Å². The van der Waals surface area contributed by atoms with Gasteiger partial charge in [0.2, 0.25) is 11.8 Å². The minimum Gasteiger partial charge on any atom is -0.342 e. The summed E-state index contributed by atoms with van der Waals surface area (Å²) in [4.78, 5) is 31.4. The van der Waals surface area contributed by atoms with Crippen LogP contribution < -0.4 is 5.32 Å². The van der Waals surface area contributed by atoms with Gasteiger partial charge in [-0.25, -0.2) is 4.98 Å². The van der Waals surface area contributed by atoms with E-state index in [2.05, 4.69) is 10.3 Å². The first kappa shape index (κ1) is 18.6. The summed E-state index contributed by atoms with van der Waals surface area (Å²) in [5.41, 5.74) is 0.671. The van der Waals surface area contributed by atoms with Gasteiger partial charge in [0.1, 0.15) is 5.82 Å². The molecule has 5 nitrogen and oxygen atoms in total. The Morgan fingerprint density at radius 2 is 2.15 bits per heavy atom. The number of halogens is 1. The number of pyridine rings is 1. The number of para-hydroxylation sites is 1. The monoisotopic (exact) mass is 373 g/mol. The van der Waals surface area contributed by atoms with Crippen LogP contribution in [0.4, 0.5) is 5.82 Å². The molecule has 0 bridgehead atoms. The van der Waals surface area contributed by atoms with Crippen molar-refractivity contribution in [3.63, 3.8) is 0 Å². The van der Waals surface area contributed by atoms with Crippen molar-refractivity contribution in [1.82, 2.24) is 9.88 Å². The topological polar surface area (TPSA) is 62.3 Å². The number of carbonyl (C=O) groups excluding carboxylic acids is 2. The molecule has 2 aromatic rings. The standard InChI is InChI=1S/C20H24ClN3O2/c1-3-13(2)20(26)24-11-5-7-15(12-24)19(25)23-17-10-9-14-6-4-8-16(21)18(14)22-17/h4,6,8-10,13,15H,3,5,7,11-12H2,1-2H3,(H,22,23,25). The summed E-state index contributed by atoms with van der Waals surface area (Å²) < 4.78 is 0. The second-order valence-electron chi connectivity index (χ2n) is 6.93. The van der Waals surface area contributed by atoms with E-state index in [-0.39, 0.29) is 23.7 Å². The molecular weight excluding hydrogens is 350 g/mol. The maximum atomic E-state index is 12.7. The number of carbonyl (C=O) groups is 2. The molecular formula is C20H24ClN3O2. The molecule has 138 valence electrons. The number of hydrogen-bond acceptors (Lipinski definition) is 3. The minimum absolute atomic E-state index is 0.00103. The lowest BCUT2D eigenvalue weighted by molar-refractivity contribution is -0.138. The minimum atomic E-state index is -0.208. The van der Waals surface area contributed by atoms with E-state index in [0.717, 1.165) is 31.2 Å². The molecule has 0 aliphatic carbocycles. The van der Waals surface area contributed by atoms with E-state index in [1.165, 1.54) is 0 Å². The summed E-state index contributed by atoms with van der Waals surface area (Å²) in [7, 11) is 0. The number of piperidine rings is 1. The van der Waals surface area contributed by atoms with Crippen LogP contribution in [0.25, 0.3) is 10.9 Å². The fourth-order valence-corrected chi connectivity index (χ4v) is 3.51. The SMILES string of the molecule is CCC(C)C(=O)N1CCCC(C(=O)Nc2ccc3cccc(Cl)c3n2)C1. The van der Waals surface area contributed by atoms with Gasteiger partial charge in [-0.3, -0.25) is 9.59 Å². The summed E-state index contributed by atoms with van der Waals surface area (Å²) in [6.07, 6.45) is 2.44. The Labute approximate surface area is 158 Å². The second-order valence-corrected chi connectivity index (χ2v) is 7.34. The van der Waals surface area contributed by atoms with Crippen molar-refractivity contribution >= 4 is 40.1 Å². The van der Waals surface area contributed by atoms with Crippen molar-refractivity contribution in [2.45, 2.75) is 33.1 Å². The third-order valence-electron chi connectivity index (χ3n) is 5.06. The zero-order valence-corrected chi connectivity index (χ0v) is 15.9. The summed E-state index contributed by atoms with van der Waals surface area (Å²) in [5, 5.41) is 4.37. The Kier molecular flexibility index (Phi) is 5.77. The Morgan fingerprint density at radius 3 is 2.92 bits per heavy atom. The maximum absolute atomic E-state index is 12.7. The van der Waals surface area contributed by atoms with Crippen molar-refractivity contribution < 1.29 is 9.59 Å². The average Bonchev–Trinajstić information content (AvgIpc) is 2.67. The molecule has 2 heterocycles. The quantitative estimate of drug-likeness (QED) is 0.877. The predicted octanol–water partition coefficient (Wildman–Crippen LogP) is 4.11. The highest BCUT2D eigenvalue weighted by molar-refractivity contribution is 6.35. The smallest absolute Gasteiger partial charge is 0.230 e. The molecule has 0 saturated carbocycles. The van der Waals surface area contributed by atoms with Crippen molar-refractivity contribution in [1.29, 1.82) is 0 Å². The molecule has 1 aromatic carbocycles. The van der Waals surface area contributed by atoms with E-state index >= 15 is 0 Å². The van der Waals surface area contributed by atoms with Gasteiger partial charge >= 0.3 is 0 Å². The van der Waals surface area contributed by atoms with Crippen LogP contribution in [0.15, 0.2) is 30.3 Å². The predicted molar refractivity (Wildman–Crippen MR) is 104 cm³/mol. The van der Waals surface area contributed by atoms with Crippen LogP contribution in [-0.2, 0) is 9.59 Å². The first-order chi connectivity index (χ1) is 12.5. The van der Waals surface area contributed by atoms with Gasteiger partial charge in [-0.1, -0.05) is 37.6 Å². The highest BCUT2D eigenvalue weighted by Crippen LogP contribution is 2.24. The van der Waals surface area contributed by atoms with Gasteiger partial charge in [-0.2, -0.15) is 0 Å². The van der Waals surface area contributed by atoms with Crippen molar-refractivity contribution in [2.24, 2.45) is 11.8 Å². The summed E-state index contributed by atoms with van der Waals surface area (Å²) in [6, 6.07) is 9.25. The maximum Gasteiger partial charge on any atom is 0.230 e. The van der Waals surface area contributed by atoms with Gasteiger partial charge in [0.25, 0.3) is 0 Å². The normalized spacial score (nSPS) is 18.6. The molecule has 0 radical (unpaired) electrons. The van der Waals surface area contributed by atoms with Crippen LogP contribution in [0.2, 0.25) is 5.02 Å². The summed E-state index contributed by atoms with van der Waals surface area (Å²) >= 11 is 6.19. The number of anilines is 1. The molecule has 2 atom stereocenters. The number of fused-ring (bicyclic) bond motifs is 1. The first-order valence-electron chi connectivity index (χ1n) is 9.14. The fourth-order valence-electron chi connectivity index (χ4n) is 3.29. The van der Waals surface area contributed by atoms with Crippen LogP contribution in [0, 0.1) is 11.8 Å².